The Balaban J connectivity index is 1.35. The van der Waals surface area contributed by atoms with Crippen LogP contribution in [0, 0.1) is 0 Å². The molecule has 0 nitrogen and oxygen atoms in total. The van der Waals surface area contributed by atoms with Crippen molar-refractivity contribution in [2.75, 3.05) is 0 Å². The van der Waals surface area contributed by atoms with Crippen LogP contribution in [0.2, 0.25) is 48.6 Å². The van der Waals surface area contributed by atoms with Gasteiger partial charge in [-0.25, -0.2) is 0 Å². The summed E-state index contributed by atoms with van der Waals surface area (Å²) in [5, 5.41) is 3.02. The van der Waals surface area contributed by atoms with Crippen LogP contribution in [-0.2, 0) is 30.9 Å². The first-order valence-electron chi connectivity index (χ1n) is 20.7. The van der Waals surface area contributed by atoms with Crippen molar-refractivity contribution in [2.45, 2.75) is 68.8 Å². The van der Waals surface area contributed by atoms with Crippen LogP contribution in [0.15, 0.2) is 158 Å². The summed E-state index contributed by atoms with van der Waals surface area (Å²) in [5.74, 6) is 0. The number of fused-ring (bicyclic) bond motifs is 2. The van der Waals surface area contributed by atoms with E-state index in [1.165, 1.54) is 66.0 Å². The molecule has 0 fully saturated rings. The Bertz CT molecular complexity index is 2350. The van der Waals surface area contributed by atoms with E-state index in [2.05, 4.69) is 219 Å². The third-order valence-electron chi connectivity index (χ3n) is 13.5. The van der Waals surface area contributed by atoms with Crippen LogP contribution in [0.1, 0.15) is 40.7 Å². The fraction of sp³-hybridized carbons (Fsp3) is 0.226. The van der Waals surface area contributed by atoms with E-state index in [0.29, 0.717) is 7.35 Å². The minimum absolute atomic E-state index is 0.367. The third-order valence-corrected chi connectivity index (χ3v) is 44.3. The van der Waals surface area contributed by atoms with Crippen LogP contribution in [0.25, 0.3) is 34.4 Å². The van der Waals surface area contributed by atoms with Crippen LogP contribution < -0.4 is 10.4 Å². The first-order chi connectivity index (χ1) is 26.7. The minimum atomic E-state index is -4.49. The molecule has 282 valence electrons. The van der Waals surface area contributed by atoms with Gasteiger partial charge >= 0.3 is 342 Å². The zero-order valence-corrected chi connectivity index (χ0v) is 40.3. The Morgan fingerprint density at radius 3 is 1.18 bits per heavy atom. The predicted molar refractivity (Wildman–Crippen MR) is 250 cm³/mol. The Labute approximate surface area is 339 Å². The summed E-state index contributed by atoms with van der Waals surface area (Å²) in [6.07, 6.45) is 12.3. The number of rotatable bonds is 10. The van der Waals surface area contributed by atoms with Crippen molar-refractivity contribution in [1.82, 2.24) is 0 Å². The number of benzene rings is 6. The number of hydrogen-bond acceptors (Lipinski definition) is 0. The summed E-state index contributed by atoms with van der Waals surface area (Å²) < 4.78 is 8.17. The van der Waals surface area contributed by atoms with Gasteiger partial charge in [-0.3, -0.25) is 0 Å². The van der Waals surface area contributed by atoms with E-state index in [9.17, 15) is 0 Å². The average Bonchev–Trinajstić information content (AvgIpc) is 3.85. The Morgan fingerprint density at radius 1 is 0.446 bits per heavy atom. The zero-order valence-electron chi connectivity index (χ0n) is 34.7. The Kier molecular flexibility index (Phi) is 10.2. The molecule has 0 radical (unpaired) electrons. The predicted octanol–water partition coefficient (Wildman–Crippen LogP) is 13.4. The van der Waals surface area contributed by atoms with Gasteiger partial charge in [0.2, 0.25) is 0 Å². The van der Waals surface area contributed by atoms with Crippen molar-refractivity contribution in [3.05, 3.63) is 191 Å². The Hall–Kier alpha value is -4.03. The van der Waals surface area contributed by atoms with E-state index >= 15 is 0 Å². The molecule has 6 aromatic carbocycles. The molecule has 6 aromatic rings. The normalized spacial score (nSPS) is 16.5. The molecule has 2 unspecified atom stereocenters. The molecule has 0 saturated carbocycles. The summed E-state index contributed by atoms with van der Waals surface area (Å²) in [5.41, 5.74) is 14.1. The van der Waals surface area contributed by atoms with Crippen molar-refractivity contribution >= 4 is 41.9 Å². The molecule has 0 aromatic heterocycles. The first kappa shape index (κ1) is 38.8. The van der Waals surface area contributed by atoms with Crippen LogP contribution in [0.4, 0.5) is 0 Å². The number of hydrogen-bond donors (Lipinski definition) is 0. The molecule has 2 atom stereocenters. The van der Waals surface area contributed by atoms with E-state index in [1.54, 1.807) is 3.26 Å². The Morgan fingerprint density at radius 2 is 0.821 bits per heavy atom. The quantitative estimate of drug-likeness (QED) is 0.120. The zero-order chi connectivity index (χ0) is 39.3. The van der Waals surface area contributed by atoms with Gasteiger partial charge in [0.15, 0.2) is 0 Å². The maximum atomic E-state index is 2.83. The molecule has 0 heterocycles. The molecule has 0 spiro atoms. The molecule has 0 bridgehead atoms. The maximum absolute atomic E-state index is 4.49. The van der Waals surface area contributed by atoms with Crippen LogP contribution in [0.3, 0.4) is 0 Å². The summed E-state index contributed by atoms with van der Waals surface area (Å²) >= 11 is -4.49. The van der Waals surface area contributed by atoms with Gasteiger partial charge in [-0.2, -0.15) is 0 Å². The molecule has 0 aliphatic heterocycles. The van der Waals surface area contributed by atoms with Crippen molar-refractivity contribution in [2.24, 2.45) is 0 Å². The van der Waals surface area contributed by atoms with E-state index in [0.717, 1.165) is 12.8 Å². The van der Waals surface area contributed by atoms with E-state index < -0.39 is 34.2 Å². The molecule has 0 saturated heterocycles. The molecule has 2 aliphatic carbocycles. The molecule has 56 heavy (non-hydrogen) atoms. The summed E-state index contributed by atoms with van der Waals surface area (Å²) in [7, 11) is -2.79. The molecule has 2 aliphatic rings. The fourth-order valence-corrected chi connectivity index (χ4v) is 36.0. The summed E-state index contributed by atoms with van der Waals surface area (Å²) in [6, 6.07) is 56.0. The summed E-state index contributed by atoms with van der Waals surface area (Å²) in [4.78, 5) is 0. The molecular formula is C53H58HfSi2. The van der Waals surface area contributed by atoms with E-state index in [-0.39, 0.29) is 0 Å². The van der Waals surface area contributed by atoms with Gasteiger partial charge < -0.3 is 0 Å². The van der Waals surface area contributed by atoms with Gasteiger partial charge in [-0.05, 0) is 0 Å². The van der Waals surface area contributed by atoms with Crippen molar-refractivity contribution in [1.29, 1.82) is 0 Å². The third kappa shape index (κ3) is 7.10. The number of allylic oxidation sites excluding steroid dienone is 2. The molecule has 8 rings (SSSR count). The van der Waals surface area contributed by atoms with Gasteiger partial charge in [0.05, 0.1) is 0 Å². The average molecular weight is 930 g/mol. The molecule has 0 N–H and O–H groups in total. The molecule has 0 amide bonds. The standard InChI is InChI=1S/2C18H19Si.C15H14.2CH3.Hf/c2*1-19(2,3)16-12-10-15(11-13-16)18-9-5-7-14-6-4-8-17(14)18;1-3-8-14(9-4-1)12-7-13-15-10-5-2-6-11-15;;;/h2*4-13H,1-3H3;1-6,8-11H,12-13H2;2*1H3;. The van der Waals surface area contributed by atoms with Gasteiger partial charge in [0, 0.05) is 0 Å². The SMILES string of the molecule is C[Si](C)(C)c1ccc(-c2cccc3c2C=C[CH]3[Hf]([CH3])([CH3])(=[C](Cc2ccccc2)Cc2ccccc2)[CH]2C=Cc3c(-c4ccc([Si](C)(C)C)cc4)cccc32)cc1. The second kappa shape index (κ2) is 14.7. The van der Waals surface area contributed by atoms with Gasteiger partial charge in [0.1, 0.15) is 0 Å². The van der Waals surface area contributed by atoms with Crippen LogP contribution in [0.5, 0.6) is 0 Å². The topological polar surface area (TPSA) is 0 Å². The van der Waals surface area contributed by atoms with E-state index in [1.807, 2.05) is 0 Å². The van der Waals surface area contributed by atoms with Gasteiger partial charge in [-0.1, -0.05) is 0 Å². The molecular weight excluding hydrogens is 871 g/mol. The summed E-state index contributed by atoms with van der Waals surface area (Å²) in [6.45, 7) is 14.6. The second-order valence-corrected chi connectivity index (χ2v) is 55.4. The van der Waals surface area contributed by atoms with E-state index in [4.69, 9.17) is 0 Å². The first-order valence-corrected chi connectivity index (χ1v) is 40.8. The van der Waals surface area contributed by atoms with Gasteiger partial charge in [0.25, 0.3) is 0 Å². The van der Waals surface area contributed by atoms with Crippen LogP contribution in [-0.4, -0.2) is 19.4 Å². The fourth-order valence-electron chi connectivity index (χ4n) is 9.96. The van der Waals surface area contributed by atoms with Crippen molar-refractivity contribution in [3.63, 3.8) is 0 Å². The molecule has 3 heteroatoms. The monoisotopic (exact) mass is 930 g/mol. The van der Waals surface area contributed by atoms with Crippen molar-refractivity contribution < 1.29 is 18.0 Å². The van der Waals surface area contributed by atoms with Crippen molar-refractivity contribution in [3.8, 4) is 22.3 Å². The van der Waals surface area contributed by atoms with Gasteiger partial charge in [-0.15, -0.1) is 0 Å². The second-order valence-electron chi connectivity index (χ2n) is 19.5. The van der Waals surface area contributed by atoms with Crippen LogP contribution >= 0.6 is 0 Å².